The molecule has 1 heterocycles. The van der Waals surface area contributed by atoms with Crippen LogP contribution in [0, 0.1) is 0 Å². The SMILES string of the molecule is NCc1cn[nH]c1-c1ccc(OC2CCCCC2)cc1. The molecule has 0 saturated heterocycles. The van der Waals surface area contributed by atoms with Crippen LogP contribution in [0.4, 0.5) is 0 Å². The van der Waals surface area contributed by atoms with Gasteiger partial charge in [-0.15, -0.1) is 0 Å². The Kier molecular flexibility index (Phi) is 4.02. The highest BCUT2D eigenvalue weighted by atomic mass is 16.5. The fraction of sp³-hybridized carbons (Fsp3) is 0.438. The molecule has 1 aromatic heterocycles. The van der Waals surface area contributed by atoms with Gasteiger partial charge in [-0.25, -0.2) is 0 Å². The van der Waals surface area contributed by atoms with E-state index in [-0.39, 0.29) is 0 Å². The van der Waals surface area contributed by atoms with Gasteiger partial charge in [0.05, 0.1) is 18.0 Å². The van der Waals surface area contributed by atoms with E-state index < -0.39 is 0 Å². The first-order valence-corrected chi connectivity index (χ1v) is 7.36. The lowest BCUT2D eigenvalue weighted by Gasteiger charge is -2.23. The summed E-state index contributed by atoms with van der Waals surface area (Å²) in [5, 5.41) is 7.05. The molecule has 1 aliphatic rings. The number of nitrogens with one attached hydrogen (secondary N) is 1. The number of hydrogen-bond acceptors (Lipinski definition) is 3. The van der Waals surface area contributed by atoms with Gasteiger partial charge in [-0.05, 0) is 49.9 Å². The van der Waals surface area contributed by atoms with E-state index in [0.717, 1.165) is 22.6 Å². The van der Waals surface area contributed by atoms with Crippen LogP contribution in [0.1, 0.15) is 37.7 Å². The Balaban J connectivity index is 1.71. The Bertz CT molecular complexity index is 541. The average molecular weight is 271 g/mol. The third-order valence-corrected chi connectivity index (χ3v) is 3.94. The Hall–Kier alpha value is -1.81. The largest absolute Gasteiger partial charge is 0.490 e. The maximum absolute atomic E-state index is 6.03. The molecule has 0 atom stereocenters. The van der Waals surface area contributed by atoms with E-state index in [2.05, 4.69) is 22.3 Å². The van der Waals surface area contributed by atoms with Gasteiger partial charge in [-0.3, -0.25) is 5.10 Å². The number of ether oxygens (including phenoxy) is 1. The molecule has 0 spiro atoms. The lowest BCUT2D eigenvalue weighted by molar-refractivity contribution is 0.155. The highest BCUT2D eigenvalue weighted by Crippen LogP contribution is 2.26. The van der Waals surface area contributed by atoms with Gasteiger partial charge in [0.25, 0.3) is 0 Å². The van der Waals surface area contributed by atoms with Gasteiger partial charge < -0.3 is 10.5 Å². The number of aromatic amines is 1. The lowest BCUT2D eigenvalue weighted by Crippen LogP contribution is -2.19. The topological polar surface area (TPSA) is 63.9 Å². The molecule has 20 heavy (non-hydrogen) atoms. The number of nitrogens with zero attached hydrogens (tertiary/aromatic N) is 1. The Morgan fingerprint density at radius 3 is 2.60 bits per heavy atom. The second-order valence-corrected chi connectivity index (χ2v) is 5.38. The average Bonchev–Trinajstić information content (AvgIpc) is 2.98. The molecule has 0 radical (unpaired) electrons. The van der Waals surface area contributed by atoms with E-state index in [0.29, 0.717) is 12.6 Å². The summed E-state index contributed by atoms with van der Waals surface area (Å²) in [6.45, 7) is 0.492. The van der Waals surface area contributed by atoms with Gasteiger partial charge in [-0.2, -0.15) is 5.10 Å². The molecule has 3 N–H and O–H groups in total. The van der Waals surface area contributed by atoms with E-state index >= 15 is 0 Å². The molecule has 4 nitrogen and oxygen atoms in total. The van der Waals surface area contributed by atoms with Crippen LogP contribution in [0.5, 0.6) is 5.75 Å². The lowest BCUT2D eigenvalue weighted by atomic mass is 9.98. The van der Waals surface area contributed by atoms with Crippen molar-refractivity contribution in [1.29, 1.82) is 0 Å². The molecular weight excluding hydrogens is 250 g/mol. The quantitative estimate of drug-likeness (QED) is 0.897. The van der Waals surface area contributed by atoms with Gasteiger partial charge >= 0.3 is 0 Å². The van der Waals surface area contributed by atoms with Gasteiger partial charge in [-0.1, -0.05) is 6.42 Å². The molecule has 1 fully saturated rings. The Morgan fingerprint density at radius 2 is 1.90 bits per heavy atom. The fourth-order valence-corrected chi connectivity index (χ4v) is 2.79. The van der Waals surface area contributed by atoms with Crippen LogP contribution in [0.25, 0.3) is 11.3 Å². The molecular formula is C16H21N3O. The minimum atomic E-state index is 0.390. The molecule has 4 heteroatoms. The van der Waals surface area contributed by atoms with Crippen LogP contribution in [-0.4, -0.2) is 16.3 Å². The van der Waals surface area contributed by atoms with Crippen LogP contribution in [0.3, 0.4) is 0 Å². The smallest absolute Gasteiger partial charge is 0.119 e. The van der Waals surface area contributed by atoms with E-state index in [1.165, 1.54) is 32.1 Å². The molecule has 3 rings (SSSR count). The zero-order valence-electron chi connectivity index (χ0n) is 11.6. The molecule has 106 valence electrons. The fourth-order valence-electron chi connectivity index (χ4n) is 2.79. The number of rotatable bonds is 4. The number of nitrogens with two attached hydrogens (primary N) is 1. The van der Waals surface area contributed by atoms with Gasteiger partial charge in [0.15, 0.2) is 0 Å². The van der Waals surface area contributed by atoms with E-state index in [4.69, 9.17) is 10.5 Å². The number of benzene rings is 1. The van der Waals surface area contributed by atoms with E-state index in [9.17, 15) is 0 Å². The van der Waals surface area contributed by atoms with E-state index in [1.807, 2.05) is 12.1 Å². The van der Waals surface area contributed by atoms with Crippen molar-refractivity contribution in [1.82, 2.24) is 10.2 Å². The summed E-state index contributed by atoms with van der Waals surface area (Å²) in [7, 11) is 0. The van der Waals surface area contributed by atoms with Gasteiger partial charge in [0, 0.05) is 17.7 Å². The Morgan fingerprint density at radius 1 is 1.15 bits per heavy atom. The van der Waals surface area contributed by atoms with Crippen molar-refractivity contribution >= 4 is 0 Å². The monoisotopic (exact) mass is 271 g/mol. The summed E-state index contributed by atoms with van der Waals surface area (Å²) in [6, 6.07) is 8.19. The predicted molar refractivity (Wildman–Crippen MR) is 79.4 cm³/mol. The predicted octanol–water partition coefficient (Wildman–Crippen LogP) is 3.25. The van der Waals surface area contributed by atoms with E-state index in [1.54, 1.807) is 6.20 Å². The molecule has 2 aromatic rings. The first kappa shape index (κ1) is 13.2. The summed E-state index contributed by atoms with van der Waals surface area (Å²) < 4.78 is 6.03. The minimum absolute atomic E-state index is 0.390. The van der Waals surface area contributed by atoms with Gasteiger partial charge in [0.2, 0.25) is 0 Å². The van der Waals surface area contributed by atoms with Gasteiger partial charge in [0.1, 0.15) is 5.75 Å². The molecule has 0 aliphatic heterocycles. The highest BCUT2D eigenvalue weighted by molar-refractivity contribution is 5.63. The standard InChI is InChI=1S/C16H21N3O/c17-10-13-11-18-19-16(13)12-6-8-15(9-7-12)20-14-4-2-1-3-5-14/h6-9,11,14H,1-5,10,17H2,(H,18,19). The summed E-state index contributed by atoms with van der Waals surface area (Å²) in [6.07, 6.45) is 8.45. The summed E-state index contributed by atoms with van der Waals surface area (Å²) >= 11 is 0. The van der Waals surface area contributed by atoms with Crippen LogP contribution < -0.4 is 10.5 Å². The molecule has 0 unspecified atom stereocenters. The first-order chi connectivity index (χ1) is 9.86. The van der Waals surface area contributed by atoms with Crippen LogP contribution in [-0.2, 0) is 6.54 Å². The van der Waals surface area contributed by atoms with Crippen molar-refractivity contribution in [2.75, 3.05) is 0 Å². The second-order valence-electron chi connectivity index (χ2n) is 5.38. The van der Waals surface area contributed by atoms with Crippen LogP contribution in [0.2, 0.25) is 0 Å². The zero-order valence-corrected chi connectivity index (χ0v) is 11.6. The van der Waals surface area contributed by atoms with Crippen LogP contribution in [0.15, 0.2) is 30.5 Å². The number of hydrogen-bond donors (Lipinski definition) is 2. The molecule has 0 amide bonds. The van der Waals surface area contributed by atoms with Crippen molar-refractivity contribution < 1.29 is 4.74 Å². The summed E-state index contributed by atoms with van der Waals surface area (Å²) in [5.41, 5.74) is 8.83. The number of H-pyrrole nitrogens is 1. The third kappa shape index (κ3) is 2.85. The second kappa shape index (κ2) is 6.09. The molecule has 1 saturated carbocycles. The van der Waals surface area contributed by atoms with Crippen molar-refractivity contribution in [3.05, 3.63) is 36.0 Å². The maximum atomic E-state index is 6.03. The first-order valence-electron chi connectivity index (χ1n) is 7.36. The maximum Gasteiger partial charge on any atom is 0.119 e. The van der Waals surface area contributed by atoms with Crippen molar-refractivity contribution in [3.63, 3.8) is 0 Å². The third-order valence-electron chi connectivity index (χ3n) is 3.94. The normalized spacial score (nSPS) is 16.2. The van der Waals surface area contributed by atoms with Crippen LogP contribution >= 0.6 is 0 Å². The zero-order chi connectivity index (χ0) is 13.8. The Labute approximate surface area is 119 Å². The highest BCUT2D eigenvalue weighted by Gasteiger charge is 2.15. The summed E-state index contributed by atoms with van der Waals surface area (Å²) in [5.74, 6) is 0.953. The van der Waals surface area contributed by atoms with Crippen molar-refractivity contribution in [2.45, 2.75) is 44.8 Å². The molecule has 0 bridgehead atoms. The summed E-state index contributed by atoms with van der Waals surface area (Å²) in [4.78, 5) is 0. The molecule has 1 aliphatic carbocycles. The van der Waals surface area contributed by atoms with Crippen molar-refractivity contribution in [2.24, 2.45) is 5.73 Å². The van der Waals surface area contributed by atoms with Crippen molar-refractivity contribution in [3.8, 4) is 17.0 Å². The minimum Gasteiger partial charge on any atom is -0.490 e. The molecule has 1 aromatic carbocycles. The number of aromatic nitrogens is 2.